The van der Waals surface area contributed by atoms with E-state index in [1.165, 1.54) is 0 Å². The number of aromatic nitrogens is 3. The van der Waals surface area contributed by atoms with Crippen LogP contribution in [0.15, 0.2) is 15.2 Å². The van der Waals surface area contributed by atoms with Gasteiger partial charge in [-0.05, 0) is 36.7 Å². The number of halogens is 1. The van der Waals surface area contributed by atoms with Crippen LogP contribution in [0.4, 0.5) is 5.82 Å². The van der Waals surface area contributed by atoms with Crippen LogP contribution in [-0.4, -0.2) is 15.1 Å². The molecule has 0 aliphatic heterocycles. The molecule has 102 valence electrons. The van der Waals surface area contributed by atoms with Gasteiger partial charge in [0.05, 0.1) is 11.7 Å². The molecule has 2 heterocycles. The van der Waals surface area contributed by atoms with Crippen LogP contribution >= 0.6 is 15.9 Å². The topological polar surface area (TPSA) is 63.8 Å². The maximum Gasteiger partial charge on any atom is 0.139 e. The van der Waals surface area contributed by atoms with Gasteiger partial charge in [-0.15, -0.1) is 0 Å². The molecular formula is C13H17BrN4O. The van der Waals surface area contributed by atoms with Crippen molar-refractivity contribution in [2.24, 2.45) is 0 Å². The summed E-state index contributed by atoms with van der Waals surface area (Å²) < 4.78 is 5.98. The first-order valence-corrected chi connectivity index (χ1v) is 7.03. The second kappa shape index (κ2) is 5.69. The Balaban J connectivity index is 2.24. The van der Waals surface area contributed by atoms with Gasteiger partial charge in [-0.1, -0.05) is 12.1 Å². The molecule has 0 saturated heterocycles. The second-order valence-corrected chi connectivity index (χ2v) is 5.26. The van der Waals surface area contributed by atoms with E-state index < -0.39 is 0 Å². The van der Waals surface area contributed by atoms with Crippen LogP contribution in [0.1, 0.15) is 42.7 Å². The maximum atomic E-state index is 5.19. The van der Waals surface area contributed by atoms with Gasteiger partial charge in [0, 0.05) is 18.1 Å². The van der Waals surface area contributed by atoms with Crippen LogP contribution in [0.2, 0.25) is 0 Å². The summed E-state index contributed by atoms with van der Waals surface area (Å²) in [4.78, 5) is 8.75. The standard InChI is InChI=1S/C13H17BrN4O/c1-5-11-16-10(14)6-12(17-11)15-7(2)13-8(3)18-19-9(13)4/h6-7H,5H2,1-4H3,(H,15,16,17). The zero-order chi connectivity index (χ0) is 14.0. The Bertz CT molecular complexity index is 563. The van der Waals surface area contributed by atoms with Gasteiger partial charge in [0.2, 0.25) is 0 Å². The highest BCUT2D eigenvalue weighted by atomic mass is 79.9. The maximum absolute atomic E-state index is 5.19. The third-order valence-corrected chi connectivity index (χ3v) is 3.35. The molecule has 0 bridgehead atoms. The molecule has 0 amide bonds. The van der Waals surface area contributed by atoms with Crippen molar-refractivity contribution in [1.29, 1.82) is 0 Å². The first kappa shape index (κ1) is 14.0. The molecule has 0 saturated carbocycles. The molecule has 0 aromatic carbocycles. The Morgan fingerprint density at radius 2 is 2.11 bits per heavy atom. The predicted octanol–water partition coefficient (Wildman–Crippen LogP) is 3.58. The van der Waals surface area contributed by atoms with Crippen LogP contribution in [0, 0.1) is 13.8 Å². The number of nitrogens with one attached hydrogen (secondary N) is 1. The van der Waals surface area contributed by atoms with Crippen LogP contribution in [0.3, 0.4) is 0 Å². The second-order valence-electron chi connectivity index (χ2n) is 4.45. The lowest BCUT2D eigenvalue weighted by Gasteiger charge is -2.15. The monoisotopic (exact) mass is 324 g/mol. The van der Waals surface area contributed by atoms with Gasteiger partial charge in [0.15, 0.2) is 0 Å². The van der Waals surface area contributed by atoms with Gasteiger partial charge >= 0.3 is 0 Å². The molecule has 0 fully saturated rings. The van der Waals surface area contributed by atoms with Gasteiger partial charge in [-0.2, -0.15) is 0 Å². The average molecular weight is 325 g/mol. The predicted molar refractivity (Wildman–Crippen MR) is 77.1 cm³/mol. The van der Waals surface area contributed by atoms with E-state index in [1.807, 2.05) is 26.8 Å². The average Bonchev–Trinajstić information content (AvgIpc) is 2.68. The van der Waals surface area contributed by atoms with E-state index in [9.17, 15) is 0 Å². The molecule has 0 radical (unpaired) electrons. The Kier molecular flexibility index (Phi) is 4.19. The molecular weight excluding hydrogens is 308 g/mol. The van der Waals surface area contributed by atoms with Crippen molar-refractivity contribution in [3.63, 3.8) is 0 Å². The highest BCUT2D eigenvalue weighted by Gasteiger charge is 2.17. The quantitative estimate of drug-likeness (QED) is 0.871. The van der Waals surface area contributed by atoms with Crippen LogP contribution in [0.5, 0.6) is 0 Å². The van der Waals surface area contributed by atoms with Crippen LogP contribution in [-0.2, 0) is 6.42 Å². The van der Waals surface area contributed by atoms with Gasteiger partial charge in [-0.3, -0.25) is 0 Å². The Labute approximate surface area is 121 Å². The molecule has 1 unspecified atom stereocenters. The fraction of sp³-hybridized carbons (Fsp3) is 0.462. The van der Waals surface area contributed by atoms with Crippen molar-refractivity contribution in [3.05, 3.63) is 33.5 Å². The van der Waals surface area contributed by atoms with Crippen molar-refractivity contribution in [2.75, 3.05) is 5.32 Å². The summed E-state index contributed by atoms with van der Waals surface area (Å²) in [6, 6.07) is 1.95. The summed E-state index contributed by atoms with van der Waals surface area (Å²) in [6.45, 7) is 7.95. The number of hydrogen-bond donors (Lipinski definition) is 1. The van der Waals surface area contributed by atoms with E-state index in [4.69, 9.17) is 4.52 Å². The van der Waals surface area contributed by atoms with Gasteiger partial charge in [0.25, 0.3) is 0 Å². The van der Waals surface area contributed by atoms with Crippen molar-refractivity contribution in [1.82, 2.24) is 15.1 Å². The molecule has 1 N–H and O–H groups in total. The first-order valence-electron chi connectivity index (χ1n) is 6.24. The van der Waals surface area contributed by atoms with E-state index in [-0.39, 0.29) is 6.04 Å². The van der Waals surface area contributed by atoms with E-state index in [0.717, 1.165) is 39.7 Å². The SMILES string of the molecule is CCc1nc(Br)cc(NC(C)c2c(C)noc2C)n1. The smallest absolute Gasteiger partial charge is 0.139 e. The molecule has 0 aliphatic carbocycles. The molecule has 19 heavy (non-hydrogen) atoms. The van der Waals surface area contributed by atoms with Crippen molar-refractivity contribution in [3.8, 4) is 0 Å². The molecule has 2 aromatic heterocycles. The van der Waals surface area contributed by atoms with Gasteiger partial charge < -0.3 is 9.84 Å². The fourth-order valence-corrected chi connectivity index (χ4v) is 2.52. The molecule has 5 nitrogen and oxygen atoms in total. The zero-order valence-corrected chi connectivity index (χ0v) is 13.1. The summed E-state index contributed by atoms with van der Waals surface area (Å²) in [5, 5.41) is 7.33. The highest BCUT2D eigenvalue weighted by molar-refractivity contribution is 9.10. The molecule has 0 aliphatic rings. The Morgan fingerprint density at radius 3 is 2.68 bits per heavy atom. The lowest BCUT2D eigenvalue weighted by atomic mass is 10.1. The van der Waals surface area contributed by atoms with E-state index in [2.05, 4.69) is 43.3 Å². The fourth-order valence-electron chi connectivity index (χ4n) is 2.10. The minimum Gasteiger partial charge on any atom is -0.363 e. The van der Waals surface area contributed by atoms with E-state index in [0.29, 0.717) is 0 Å². The summed E-state index contributed by atoms with van der Waals surface area (Å²) in [5.74, 6) is 2.44. The van der Waals surface area contributed by atoms with E-state index in [1.54, 1.807) is 0 Å². The third-order valence-electron chi connectivity index (χ3n) is 2.94. The number of anilines is 1. The number of hydrogen-bond acceptors (Lipinski definition) is 5. The third kappa shape index (κ3) is 3.12. The van der Waals surface area contributed by atoms with Crippen LogP contribution < -0.4 is 5.32 Å². The molecule has 1 atom stereocenters. The van der Waals surface area contributed by atoms with Crippen molar-refractivity contribution < 1.29 is 4.52 Å². The summed E-state index contributed by atoms with van der Waals surface area (Å²) in [6.07, 6.45) is 0.799. The summed E-state index contributed by atoms with van der Waals surface area (Å²) >= 11 is 3.40. The van der Waals surface area contributed by atoms with Crippen molar-refractivity contribution in [2.45, 2.75) is 40.2 Å². The molecule has 2 rings (SSSR count). The van der Waals surface area contributed by atoms with Gasteiger partial charge in [-0.25, -0.2) is 9.97 Å². The molecule has 2 aromatic rings. The molecule has 0 spiro atoms. The highest BCUT2D eigenvalue weighted by Crippen LogP contribution is 2.25. The lowest BCUT2D eigenvalue weighted by Crippen LogP contribution is -2.11. The number of rotatable bonds is 4. The van der Waals surface area contributed by atoms with E-state index >= 15 is 0 Å². The minimum atomic E-state index is 0.0813. The molecule has 6 heteroatoms. The Morgan fingerprint density at radius 1 is 1.37 bits per heavy atom. The minimum absolute atomic E-state index is 0.0813. The van der Waals surface area contributed by atoms with Crippen LogP contribution in [0.25, 0.3) is 0 Å². The largest absolute Gasteiger partial charge is 0.363 e. The lowest BCUT2D eigenvalue weighted by molar-refractivity contribution is 0.392. The first-order chi connectivity index (χ1) is 9.01. The summed E-state index contributed by atoms with van der Waals surface area (Å²) in [5.41, 5.74) is 1.98. The number of aryl methyl sites for hydroxylation is 3. The Hall–Kier alpha value is -1.43. The van der Waals surface area contributed by atoms with Crippen molar-refractivity contribution >= 4 is 21.7 Å². The number of nitrogens with zero attached hydrogens (tertiary/aromatic N) is 3. The zero-order valence-electron chi connectivity index (χ0n) is 11.5. The normalized spacial score (nSPS) is 12.5. The summed E-state index contributed by atoms with van der Waals surface area (Å²) in [7, 11) is 0. The van der Waals surface area contributed by atoms with Gasteiger partial charge in [0.1, 0.15) is 22.0 Å².